The molecule has 0 bridgehead atoms. The van der Waals surface area contributed by atoms with Crippen molar-refractivity contribution in [2.45, 2.75) is 125 Å². The number of rotatable bonds is 14. The minimum Gasteiger partial charge on any atom is -0.498 e. The van der Waals surface area contributed by atoms with Gasteiger partial charge < -0.3 is 15.0 Å². The molecule has 1 aromatic carbocycles. The number of nitrogens with zero attached hydrogens (tertiary/aromatic N) is 5. The summed E-state index contributed by atoms with van der Waals surface area (Å²) in [6.45, 7) is 19.0. The second kappa shape index (κ2) is 16.0. The van der Waals surface area contributed by atoms with Crippen molar-refractivity contribution < 1.29 is 14.3 Å². The molecule has 1 saturated carbocycles. The first-order chi connectivity index (χ1) is 23.8. The fourth-order valence-electron chi connectivity index (χ4n) is 8.19. The van der Waals surface area contributed by atoms with Gasteiger partial charge in [-0.25, -0.2) is 0 Å². The fourth-order valence-corrected chi connectivity index (χ4v) is 8.19. The second-order valence-corrected chi connectivity index (χ2v) is 16.8. The maximum absolute atomic E-state index is 15.0. The zero-order valence-corrected chi connectivity index (χ0v) is 31.5. The van der Waals surface area contributed by atoms with Crippen molar-refractivity contribution in [2.24, 2.45) is 40.0 Å². The van der Waals surface area contributed by atoms with Gasteiger partial charge in [0, 0.05) is 17.9 Å². The van der Waals surface area contributed by atoms with Crippen LogP contribution in [0.15, 0.2) is 53.2 Å². The highest BCUT2D eigenvalue weighted by Gasteiger charge is 2.54. The molecule has 1 aliphatic heterocycles. The molecule has 2 N–H and O–H groups in total. The first-order valence-electron chi connectivity index (χ1n) is 18.8. The third-order valence-corrected chi connectivity index (χ3v) is 10.7. The summed E-state index contributed by atoms with van der Waals surface area (Å²) in [6.07, 6.45) is 13.7. The summed E-state index contributed by atoms with van der Waals surface area (Å²) in [5, 5.41) is 16.7. The fraction of sp³-hybridized carbons (Fsp3) is 0.650. The number of benzene rings is 1. The Morgan fingerprint density at radius 3 is 2.44 bits per heavy atom. The topological polar surface area (TPSA) is 125 Å². The number of carbonyl (C=O) groups excluding carboxylic acids is 2. The predicted octanol–water partition coefficient (Wildman–Crippen LogP) is 7.98. The molecule has 50 heavy (non-hydrogen) atoms. The Labute approximate surface area is 299 Å². The maximum atomic E-state index is 15.0. The highest BCUT2D eigenvalue weighted by Crippen LogP contribution is 2.50. The molecule has 0 radical (unpaired) electrons. The Morgan fingerprint density at radius 2 is 1.82 bits per heavy atom. The van der Waals surface area contributed by atoms with Crippen LogP contribution in [0.4, 0.5) is 0 Å². The molecule has 2 heterocycles. The molecule has 1 spiro atoms. The van der Waals surface area contributed by atoms with Crippen LogP contribution in [-0.4, -0.2) is 55.3 Å². The normalized spacial score (nSPS) is 23.7. The van der Waals surface area contributed by atoms with Crippen LogP contribution < -0.4 is 5.32 Å². The second-order valence-electron chi connectivity index (χ2n) is 16.8. The number of ether oxygens (including phenoxy) is 1. The zero-order chi connectivity index (χ0) is 36.1. The number of aromatic nitrogens is 4. The monoisotopic (exact) mass is 685 g/mol. The van der Waals surface area contributed by atoms with E-state index < -0.39 is 5.66 Å². The van der Waals surface area contributed by atoms with Crippen LogP contribution in [0.3, 0.4) is 0 Å². The summed E-state index contributed by atoms with van der Waals surface area (Å²) in [5.41, 5.74) is 1.69. The molecular formula is C40H59N7O3. The Morgan fingerprint density at radius 1 is 1.10 bits per heavy atom. The Bertz CT molecular complexity index is 1530. The molecule has 1 unspecified atom stereocenters. The lowest BCUT2D eigenvalue weighted by Gasteiger charge is -2.48. The van der Waals surface area contributed by atoms with Gasteiger partial charge in [-0.05, 0) is 97.8 Å². The van der Waals surface area contributed by atoms with Gasteiger partial charge in [0.1, 0.15) is 11.4 Å². The van der Waals surface area contributed by atoms with Crippen molar-refractivity contribution in [2.75, 3.05) is 6.61 Å². The number of hydrogen-bond donors (Lipinski definition) is 2. The summed E-state index contributed by atoms with van der Waals surface area (Å²) in [6, 6.07) is 7.57. The molecule has 1 fully saturated rings. The van der Waals surface area contributed by atoms with Crippen molar-refractivity contribution in [1.82, 2.24) is 30.8 Å². The van der Waals surface area contributed by atoms with E-state index >= 15 is 4.79 Å². The molecule has 2 aromatic rings. The summed E-state index contributed by atoms with van der Waals surface area (Å²) in [4.78, 5) is 35.7. The van der Waals surface area contributed by atoms with Crippen LogP contribution in [0.5, 0.6) is 0 Å². The lowest BCUT2D eigenvalue weighted by atomic mass is 9.74. The van der Waals surface area contributed by atoms with Gasteiger partial charge in [-0.3, -0.25) is 14.6 Å². The lowest BCUT2D eigenvalue weighted by Crippen LogP contribution is -2.52. The molecule has 272 valence electrons. The van der Waals surface area contributed by atoms with Gasteiger partial charge in [-0.15, -0.1) is 10.2 Å². The Hall–Kier alpha value is -3.82. The van der Waals surface area contributed by atoms with Crippen LogP contribution >= 0.6 is 0 Å². The van der Waals surface area contributed by atoms with E-state index in [-0.39, 0.29) is 41.7 Å². The highest BCUT2D eigenvalue weighted by atomic mass is 16.5. The van der Waals surface area contributed by atoms with Crippen molar-refractivity contribution in [3.8, 4) is 0 Å². The number of carbonyl (C=O) groups is 2. The molecule has 5 rings (SSSR count). The Balaban J connectivity index is 1.45. The van der Waals surface area contributed by atoms with Crippen molar-refractivity contribution in [1.29, 1.82) is 0 Å². The molecule has 10 heteroatoms. The van der Waals surface area contributed by atoms with Gasteiger partial charge in [0.05, 0.1) is 25.0 Å². The van der Waals surface area contributed by atoms with E-state index in [4.69, 9.17) is 9.73 Å². The van der Waals surface area contributed by atoms with E-state index in [2.05, 4.69) is 92.3 Å². The zero-order valence-electron chi connectivity index (χ0n) is 31.5. The third-order valence-electron chi connectivity index (χ3n) is 10.7. The minimum absolute atomic E-state index is 0.0383. The molecule has 3 aliphatic rings. The Kier molecular flexibility index (Phi) is 12.0. The summed E-state index contributed by atoms with van der Waals surface area (Å²) in [5.74, 6) is 3.05. The van der Waals surface area contributed by atoms with Gasteiger partial charge in [0.2, 0.25) is 0 Å². The van der Waals surface area contributed by atoms with Gasteiger partial charge >= 0.3 is 0 Å². The predicted molar refractivity (Wildman–Crippen MR) is 197 cm³/mol. The SMILES string of the molecule is CC(C)CCCOC1=CC=CC(C2=NC3(CCC(C(C)C)CC3)N([C@@H](c3ccc(C(=O)NCc4nn[nH]n4)cc3)[C@H](C)CC(C)(C)C)C2=O)C1. The highest BCUT2D eigenvalue weighted by molar-refractivity contribution is 6.41. The van der Waals surface area contributed by atoms with E-state index in [0.29, 0.717) is 47.9 Å². The number of hydrogen-bond acceptors (Lipinski definition) is 7. The molecule has 2 aliphatic carbocycles. The largest absolute Gasteiger partial charge is 0.498 e. The quantitative estimate of drug-likeness (QED) is 0.194. The number of nitrogens with one attached hydrogen (secondary N) is 2. The molecule has 1 aromatic heterocycles. The first-order valence-corrected chi connectivity index (χ1v) is 18.8. The average molecular weight is 686 g/mol. The van der Waals surface area contributed by atoms with Gasteiger partial charge in [-0.2, -0.15) is 5.21 Å². The van der Waals surface area contributed by atoms with Crippen LogP contribution in [0, 0.1) is 35.0 Å². The molecular weight excluding hydrogens is 626 g/mol. The summed E-state index contributed by atoms with van der Waals surface area (Å²) in [7, 11) is 0. The van der Waals surface area contributed by atoms with Crippen molar-refractivity contribution in [3.05, 3.63) is 65.2 Å². The first kappa shape index (κ1) is 37.4. The van der Waals surface area contributed by atoms with Crippen LogP contribution in [0.25, 0.3) is 0 Å². The number of aromatic amines is 1. The number of aliphatic imine (C=N–C) groups is 1. The van der Waals surface area contributed by atoms with E-state index in [1.807, 2.05) is 36.4 Å². The van der Waals surface area contributed by atoms with E-state index in [9.17, 15) is 4.79 Å². The third kappa shape index (κ3) is 9.09. The van der Waals surface area contributed by atoms with E-state index in [1.165, 1.54) is 0 Å². The van der Waals surface area contributed by atoms with Crippen LogP contribution in [0.1, 0.15) is 135 Å². The lowest BCUT2D eigenvalue weighted by molar-refractivity contribution is -0.135. The van der Waals surface area contributed by atoms with Gasteiger partial charge in [0.15, 0.2) is 5.82 Å². The minimum atomic E-state index is -0.595. The smallest absolute Gasteiger partial charge is 0.270 e. The number of tetrazole rings is 1. The van der Waals surface area contributed by atoms with Crippen LogP contribution in [-0.2, 0) is 16.1 Å². The average Bonchev–Trinajstić information content (AvgIpc) is 3.69. The molecule has 0 saturated heterocycles. The van der Waals surface area contributed by atoms with Crippen molar-refractivity contribution >= 4 is 17.5 Å². The molecule has 10 nitrogen and oxygen atoms in total. The van der Waals surface area contributed by atoms with Crippen LogP contribution in [0.2, 0.25) is 0 Å². The number of amides is 2. The van der Waals surface area contributed by atoms with Gasteiger partial charge in [0.25, 0.3) is 11.8 Å². The maximum Gasteiger partial charge on any atom is 0.270 e. The van der Waals surface area contributed by atoms with E-state index in [0.717, 1.165) is 56.3 Å². The van der Waals surface area contributed by atoms with E-state index in [1.54, 1.807) is 0 Å². The standard InChI is InChI=1S/C40H59N7O3/c1-26(2)11-10-22-50-33-13-9-12-32(23-33)35-38(49)47(40(42-35)20-18-29(19-21-40)27(3)4)36(28(5)24-39(6,7)8)30-14-16-31(17-15-30)37(48)41-25-34-43-45-46-44-34/h9,12-17,26-29,32,36H,10-11,18-25H2,1-8H3,(H,41,48)(H,43,44,45,46)/t28-,29?,32?,36-,40?/m1/s1. The molecule has 2 amide bonds. The molecule has 3 atom stereocenters. The number of H-pyrrole nitrogens is 1. The van der Waals surface area contributed by atoms with Gasteiger partial charge in [-0.1, -0.05) is 84.9 Å². The number of allylic oxidation sites excluding steroid dienone is 4. The summed E-state index contributed by atoms with van der Waals surface area (Å²) < 4.78 is 6.23. The summed E-state index contributed by atoms with van der Waals surface area (Å²) >= 11 is 0. The van der Waals surface area contributed by atoms with Crippen molar-refractivity contribution in [3.63, 3.8) is 0 Å².